The highest BCUT2D eigenvalue weighted by Crippen LogP contribution is 2.31. The molecule has 1 fully saturated rings. The van der Waals surface area contributed by atoms with Gasteiger partial charge in [-0.15, -0.1) is 4.40 Å². The summed E-state index contributed by atoms with van der Waals surface area (Å²) in [6.07, 6.45) is 3.56. The molecule has 11 heteroatoms. The van der Waals surface area contributed by atoms with E-state index in [4.69, 9.17) is 10.5 Å². The van der Waals surface area contributed by atoms with Gasteiger partial charge in [-0.1, -0.05) is 6.07 Å². The first-order valence-electron chi connectivity index (χ1n) is 9.94. The Morgan fingerprint density at radius 2 is 2.19 bits per heavy atom. The number of pyridine rings is 1. The molecule has 0 bridgehead atoms. The number of amides is 1. The minimum atomic E-state index is -3.83. The number of nitrogens with zero attached hydrogens (tertiary/aromatic N) is 3. The maximum Gasteiger partial charge on any atom is 0.344 e. The summed E-state index contributed by atoms with van der Waals surface area (Å²) in [7, 11) is -2.24. The van der Waals surface area contributed by atoms with E-state index in [0.717, 1.165) is 31.7 Å². The van der Waals surface area contributed by atoms with Crippen molar-refractivity contribution in [1.82, 2.24) is 10.3 Å². The van der Waals surface area contributed by atoms with Crippen LogP contribution in [0, 0.1) is 5.92 Å². The van der Waals surface area contributed by atoms with Crippen molar-refractivity contribution in [1.29, 1.82) is 0 Å². The molecular weight excluding hydrogens is 420 g/mol. The molecule has 1 aromatic heterocycles. The molecule has 0 radical (unpaired) electrons. The summed E-state index contributed by atoms with van der Waals surface area (Å²) >= 11 is 0. The zero-order valence-corrected chi connectivity index (χ0v) is 17.9. The van der Waals surface area contributed by atoms with Crippen LogP contribution in [0.2, 0.25) is 0 Å². The van der Waals surface area contributed by atoms with Crippen LogP contribution in [0.15, 0.2) is 40.9 Å². The highest BCUT2D eigenvalue weighted by molar-refractivity contribution is 7.91. The van der Waals surface area contributed by atoms with Crippen LogP contribution < -0.4 is 25.4 Å². The number of aromatic nitrogens is 1. The Labute approximate surface area is 180 Å². The SMILES string of the molecule is CNC(=O)c1ccc(N2CCC[C@H](COc3cccc4c3C(N)=NS(=O)(=O)N4)C2)nc1. The normalized spacial score (nSPS) is 19.6. The van der Waals surface area contributed by atoms with Crippen LogP contribution in [-0.2, 0) is 10.2 Å². The second kappa shape index (κ2) is 8.42. The average molecular weight is 445 g/mol. The third-order valence-corrected chi connectivity index (χ3v) is 6.21. The van der Waals surface area contributed by atoms with Crippen molar-refractivity contribution in [2.45, 2.75) is 12.8 Å². The predicted molar refractivity (Wildman–Crippen MR) is 118 cm³/mol. The molecule has 2 aromatic rings. The average Bonchev–Trinajstić information content (AvgIpc) is 2.76. The summed E-state index contributed by atoms with van der Waals surface area (Å²) in [6.45, 7) is 2.09. The number of hydrogen-bond acceptors (Lipinski definition) is 7. The quantitative estimate of drug-likeness (QED) is 0.628. The Hall–Kier alpha value is -3.34. The molecule has 164 valence electrons. The molecule has 2 aliphatic heterocycles. The van der Waals surface area contributed by atoms with Gasteiger partial charge in [-0.3, -0.25) is 9.52 Å². The van der Waals surface area contributed by atoms with E-state index < -0.39 is 10.2 Å². The highest BCUT2D eigenvalue weighted by atomic mass is 32.2. The number of piperidine rings is 1. The molecule has 1 atom stereocenters. The molecule has 0 spiro atoms. The number of amidine groups is 1. The first-order chi connectivity index (χ1) is 14.9. The summed E-state index contributed by atoms with van der Waals surface area (Å²) in [4.78, 5) is 18.3. The Morgan fingerprint density at radius 3 is 2.94 bits per heavy atom. The monoisotopic (exact) mass is 444 g/mol. The van der Waals surface area contributed by atoms with E-state index in [1.165, 1.54) is 0 Å². The summed E-state index contributed by atoms with van der Waals surface area (Å²) < 4.78 is 35.4. The first-order valence-corrected chi connectivity index (χ1v) is 11.4. The van der Waals surface area contributed by atoms with E-state index in [1.54, 1.807) is 37.5 Å². The minimum absolute atomic E-state index is 0.0879. The molecule has 0 saturated carbocycles. The predicted octanol–water partition coefficient (Wildman–Crippen LogP) is 1.11. The number of anilines is 2. The van der Waals surface area contributed by atoms with Crippen molar-refractivity contribution < 1.29 is 17.9 Å². The Bertz CT molecular complexity index is 1120. The lowest BCUT2D eigenvalue weighted by atomic mass is 9.99. The van der Waals surface area contributed by atoms with Gasteiger partial charge < -0.3 is 20.7 Å². The van der Waals surface area contributed by atoms with Gasteiger partial charge in [0.2, 0.25) is 0 Å². The van der Waals surface area contributed by atoms with E-state index in [2.05, 4.69) is 24.3 Å². The van der Waals surface area contributed by atoms with E-state index in [0.29, 0.717) is 29.2 Å². The van der Waals surface area contributed by atoms with Crippen molar-refractivity contribution in [3.05, 3.63) is 47.7 Å². The summed E-state index contributed by atoms with van der Waals surface area (Å²) in [5.41, 5.74) is 7.21. The number of rotatable bonds is 5. The van der Waals surface area contributed by atoms with Gasteiger partial charge in [-0.2, -0.15) is 8.42 Å². The lowest BCUT2D eigenvalue weighted by Crippen LogP contribution is -2.38. The summed E-state index contributed by atoms with van der Waals surface area (Å²) in [6, 6.07) is 8.70. The number of hydrogen-bond donors (Lipinski definition) is 3. The zero-order valence-electron chi connectivity index (χ0n) is 17.0. The standard InChI is InChI=1S/C20H24N6O4S/c1-22-20(27)14-7-8-17(23-10-14)26-9-3-4-13(11-26)12-30-16-6-2-5-15-18(16)19(21)25-31(28,29)24-15/h2,5-8,10,13,24H,3-4,9,11-12H2,1H3,(H2,21,25)(H,22,27)/t13-/m0/s1. The van der Waals surface area contributed by atoms with Crippen LogP contribution in [0.5, 0.6) is 5.75 Å². The Morgan fingerprint density at radius 1 is 1.35 bits per heavy atom. The van der Waals surface area contributed by atoms with E-state index in [9.17, 15) is 13.2 Å². The van der Waals surface area contributed by atoms with E-state index >= 15 is 0 Å². The number of ether oxygens (including phenoxy) is 1. The van der Waals surface area contributed by atoms with E-state index in [1.807, 2.05) is 6.07 Å². The van der Waals surface area contributed by atoms with Crippen molar-refractivity contribution in [2.24, 2.45) is 16.0 Å². The molecule has 1 saturated heterocycles. The molecule has 31 heavy (non-hydrogen) atoms. The van der Waals surface area contributed by atoms with Crippen LogP contribution >= 0.6 is 0 Å². The summed E-state index contributed by atoms with van der Waals surface area (Å²) in [5.74, 6) is 1.31. The molecule has 1 amide bonds. The van der Waals surface area contributed by atoms with Crippen molar-refractivity contribution in [3.8, 4) is 5.75 Å². The van der Waals surface area contributed by atoms with Gasteiger partial charge in [0.05, 0.1) is 23.4 Å². The molecule has 4 rings (SSSR count). The molecule has 3 heterocycles. The number of benzene rings is 1. The number of fused-ring (bicyclic) bond motifs is 1. The van der Waals surface area contributed by atoms with Crippen LogP contribution in [0.4, 0.5) is 11.5 Å². The van der Waals surface area contributed by atoms with Gasteiger partial charge in [0.15, 0.2) is 5.84 Å². The largest absolute Gasteiger partial charge is 0.492 e. The number of nitrogens with one attached hydrogen (secondary N) is 2. The van der Waals surface area contributed by atoms with Crippen molar-refractivity contribution in [3.63, 3.8) is 0 Å². The lowest BCUT2D eigenvalue weighted by Gasteiger charge is -2.33. The fourth-order valence-electron chi connectivity index (χ4n) is 3.81. The molecule has 0 unspecified atom stereocenters. The van der Waals surface area contributed by atoms with Gasteiger partial charge in [0.1, 0.15) is 11.6 Å². The highest BCUT2D eigenvalue weighted by Gasteiger charge is 2.26. The second-order valence-corrected chi connectivity index (χ2v) is 8.82. The third kappa shape index (κ3) is 4.55. The Balaban J connectivity index is 1.43. The van der Waals surface area contributed by atoms with Crippen LogP contribution in [0.3, 0.4) is 0 Å². The van der Waals surface area contributed by atoms with Crippen LogP contribution in [0.25, 0.3) is 0 Å². The first kappa shape index (κ1) is 20.9. The number of carbonyl (C=O) groups is 1. The summed E-state index contributed by atoms with van der Waals surface area (Å²) in [5, 5.41) is 2.58. The minimum Gasteiger partial charge on any atom is -0.492 e. The maximum atomic E-state index is 11.7. The van der Waals surface area contributed by atoms with Gasteiger partial charge in [0.25, 0.3) is 5.91 Å². The van der Waals surface area contributed by atoms with Crippen LogP contribution in [0.1, 0.15) is 28.8 Å². The smallest absolute Gasteiger partial charge is 0.344 e. The third-order valence-electron chi connectivity index (χ3n) is 5.29. The zero-order chi connectivity index (χ0) is 22.0. The fourth-order valence-corrected chi connectivity index (χ4v) is 4.65. The van der Waals surface area contributed by atoms with Crippen molar-refractivity contribution in [2.75, 3.05) is 36.4 Å². The van der Waals surface area contributed by atoms with E-state index in [-0.39, 0.29) is 17.7 Å². The molecule has 10 nitrogen and oxygen atoms in total. The van der Waals surface area contributed by atoms with Gasteiger partial charge in [-0.05, 0) is 37.1 Å². The second-order valence-electron chi connectivity index (χ2n) is 7.48. The molecule has 0 aliphatic carbocycles. The van der Waals surface area contributed by atoms with Gasteiger partial charge >= 0.3 is 10.2 Å². The van der Waals surface area contributed by atoms with Gasteiger partial charge in [0, 0.05) is 32.3 Å². The lowest BCUT2D eigenvalue weighted by molar-refractivity contribution is 0.0962. The molecular formula is C20H24N6O4S. The molecule has 1 aromatic carbocycles. The fraction of sp³-hybridized carbons (Fsp3) is 0.350. The number of nitrogens with two attached hydrogens (primary N) is 1. The molecule has 2 aliphatic rings. The van der Waals surface area contributed by atoms with Crippen molar-refractivity contribution >= 4 is 33.5 Å². The topological polar surface area (TPSA) is 139 Å². The number of carbonyl (C=O) groups excluding carboxylic acids is 1. The maximum absolute atomic E-state index is 11.7. The molecule has 4 N–H and O–H groups in total. The van der Waals surface area contributed by atoms with Gasteiger partial charge in [-0.25, -0.2) is 4.98 Å². The van der Waals surface area contributed by atoms with Crippen LogP contribution in [-0.4, -0.2) is 51.9 Å². The Kier molecular flexibility index (Phi) is 5.68.